The van der Waals surface area contributed by atoms with E-state index in [0.717, 1.165) is 16.7 Å². The normalized spacial score (nSPS) is 12.3. The van der Waals surface area contributed by atoms with E-state index in [2.05, 4.69) is 50.4 Å². The van der Waals surface area contributed by atoms with Gasteiger partial charge in [-0.25, -0.2) is 40.2 Å². The summed E-state index contributed by atoms with van der Waals surface area (Å²) in [6.07, 6.45) is -5.63. The number of nitrogens with zero attached hydrogens (tertiary/aromatic N) is 20. The number of hydrogen-bond acceptors (Lipinski definition) is 22. The Bertz CT molecular complexity index is 5700. The summed E-state index contributed by atoms with van der Waals surface area (Å²) in [5.41, 5.74) is 4.84. The van der Waals surface area contributed by atoms with Crippen molar-refractivity contribution in [1.82, 2.24) is 73.8 Å². The minimum absolute atomic E-state index is 0.00892. The van der Waals surface area contributed by atoms with Crippen LogP contribution in [0.5, 0.6) is 0 Å². The first-order chi connectivity index (χ1) is 62.2. The average Bonchev–Trinajstić information content (AvgIpc) is 1.67. The molecule has 2 atom stereocenters. The lowest BCUT2D eigenvalue weighted by Gasteiger charge is -2.19. The maximum atomic E-state index is 12.5. The van der Waals surface area contributed by atoms with Crippen LogP contribution in [-0.2, 0) is 65.2 Å². The van der Waals surface area contributed by atoms with Gasteiger partial charge in [-0.15, -0.1) is 0 Å². The lowest BCUT2D eigenvalue weighted by atomic mass is 10.3. The molecule has 10 heterocycles. The topological polar surface area (TPSA) is 358 Å². The van der Waals surface area contributed by atoms with Crippen molar-refractivity contribution in [2.24, 2.45) is 0 Å². The van der Waals surface area contributed by atoms with Gasteiger partial charge < -0.3 is 24.5 Å². The number of hydrogen-bond donors (Lipinski definition) is 0. The van der Waals surface area contributed by atoms with E-state index in [4.69, 9.17) is 58.0 Å². The summed E-state index contributed by atoms with van der Waals surface area (Å²) < 4.78 is 260. The Kier molecular flexibility index (Phi) is 43.5. The van der Waals surface area contributed by atoms with Crippen molar-refractivity contribution in [3.63, 3.8) is 0 Å². The number of thioether (sulfide) groups is 1. The van der Waals surface area contributed by atoms with E-state index in [1.807, 2.05) is 0 Å². The Balaban J connectivity index is 0.000000256. The van der Waals surface area contributed by atoms with Gasteiger partial charge in [0.2, 0.25) is 29.5 Å². The first-order valence-electron chi connectivity index (χ1n) is 38.9. The quantitative estimate of drug-likeness (QED) is 0.0258. The third-order valence-electron chi connectivity index (χ3n) is 17.8. The van der Waals surface area contributed by atoms with Crippen LogP contribution in [-0.4, -0.2) is 251 Å². The average molecular weight is 2090 g/mol. The van der Waals surface area contributed by atoms with Crippen LogP contribution in [0.1, 0.15) is 78.1 Å². The van der Waals surface area contributed by atoms with Crippen molar-refractivity contribution in [1.29, 1.82) is 0 Å². The van der Waals surface area contributed by atoms with Crippen molar-refractivity contribution < 1.29 is 115 Å². The fourth-order valence-electron chi connectivity index (χ4n) is 10.7. The van der Waals surface area contributed by atoms with Crippen molar-refractivity contribution in [2.45, 2.75) is 109 Å². The van der Waals surface area contributed by atoms with Crippen LogP contribution in [0.2, 0.25) is 25.8 Å². The van der Waals surface area contributed by atoms with Gasteiger partial charge in [-0.3, -0.25) is 57.3 Å². The third kappa shape index (κ3) is 39.5. The van der Waals surface area contributed by atoms with E-state index >= 15 is 0 Å². The van der Waals surface area contributed by atoms with Crippen LogP contribution >= 0.6 is 69.8 Å². The van der Waals surface area contributed by atoms with Crippen LogP contribution < -0.4 is 24.5 Å². The largest absolute Gasteiger partial charge is 0.390 e. The molecule has 0 fully saturated rings. The predicted molar refractivity (Wildman–Crippen MR) is 475 cm³/mol. The van der Waals surface area contributed by atoms with E-state index in [1.54, 1.807) is 150 Å². The lowest BCUT2D eigenvalue weighted by Crippen LogP contribution is -2.32. The number of halogens is 20. The molecule has 0 saturated heterocycles. The van der Waals surface area contributed by atoms with E-state index in [-0.39, 0.29) is 98.6 Å². The first kappa shape index (κ1) is 112. The van der Waals surface area contributed by atoms with Crippen molar-refractivity contribution in [3.8, 4) is 28.4 Å². The molecule has 2 unspecified atom stereocenters. The van der Waals surface area contributed by atoms with Gasteiger partial charge in [0, 0.05) is 153 Å². The molecule has 10 aromatic heterocycles. The zero-order valence-electron chi connectivity index (χ0n) is 70.5. The monoisotopic (exact) mass is 2080 g/mol. The summed E-state index contributed by atoms with van der Waals surface area (Å²) in [4.78, 5) is 87.6. The van der Waals surface area contributed by atoms with Gasteiger partial charge in [0.25, 0.3) is 0 Å². The van der Waals surface area contributed by atoms with E-state index in [0.29, 0.717) is 51.3 Å². The molecule has 0 aromatic carbocycles. The second kappa shape index (κ2) is 51.7. The molecule has 0 spiro atoms. The fraction of sp³-hybridized carbons (Fsp3) is 0.416. The number of anilines is 5. The summed E-state index contributed by atoms with van der Waals surface area (Å²) in [5, 5.41) is 20.9. The molecule has 5 amide bonds. The van der Waals surface area contributed by atoms with E-state index in [9.17, 15) is 115 Å². The smallest absolute Gasteiger partial charge is 0.311 e. The highest BCUT2D eigenvalue weighted by Crippen LogP contribution is 2.34. The van der Waals surface area contributed by atoms with Crippen LogP contribution in [0, 0.1) is 0 Å². The van der Waals surface area contributed by atoms with Crippen LogP contribution in [0.25, 0.3) is 28.4 Å². The maximum absolute atomic E-state index is 12.5. The van der Waals surface area contributed by atoms with E-state index in [1.165, 1.54) is 81.9 Å². The molecule has 0 aliphatic carbocycles. The van der Waals surface area contributed by atoms with Crippen molar-refractivity contribution >= 4 is 169 Å². The number of rotatable bonds is 37. The highest BCUT2D eigenvalue weighted by atomic mass is 35.5. The standard InChI is InChI=1S/C16H18ClF3N4O3S.C16H18ClF3N4O2S.C15H16ClF3N4O3S.C15H16ClF3N4O2S.C15H16ClF3N4OS/c1-2-23(14(25)5-8-28(26,27)9-6-16(18,19)20)13-11-24(22-15(13)17)12-4-3-7-21-10-12;1-2-23(14(25)5-8-27(26)9-6-16(18,19)20)13-11-24(22-15(13)17)12-4-3-7-21-10-12;1-22(13(24)4-7-27(25,26)8-5-15(17,18)19)12-10-23(21-14(12)16)11-3-2-6-20-9-11;1-22(13(24)4-7-26(25)8-5-15(17,18)19)12-10-23(21-14(12)16)11-3-2-6-20-9-11;1-22(13(24)4-7-25-8-5-15(17,18)19)12-10-23(21-14(12)16)11-3-2-6-20-9-11/h3-4,7,10-11H,2,5-6,8-9H2,1H3;3-4,7,10-11H,2,5-6,8-9H2,1H3;2-3,6,9-10H,4-5,7-8H2,1H3;2-3,6,9-10H,4-5,7-8H2,1H3;2-3,6,9-10H,4-5,7-8H2,1H3. The second-order valence-corrected chi connectivity index (χ2v) is 38.6. The van der Waals surface area contributed by atoms with Crippen molar-refractivity contribution in [2.75, 3.05) is 116 Å². The second-order valence-electron chi connectivity index (χ2n) is 27.6. The maximum Gasteiger partial charge on any atom is 0.390 e. The van der Waals surface area contributed by atoms with Gasteiger partial charge in [-0.05, 0) is 74.5 Å². The Morgan fingerprint density at radius 3 is 0.865 bits per heavy atom. The lowest BCUT2D eigenvalue weighted by molar-refractivity contribution is -0.130. The summed E-state index contributed by atoms with van der Waals surface area (Å²) in [5.74, 6) is -6.74. The number of aromatic nitrogens is 15. The first-order valence-corrected chi connectivity index (χ1v) is 48.5. The molecule has 56 heteroatoms. The summed E-state index contributed by atoms with van der Waals surface area (Å²) in [6.45, 7) is 3.86. The van der Waals surface area contributed by atoms with Gasteiger partial charge in [-0.1, -0.05) is 58.0 Å². The molecule has 0 radical (unpaired) electrons. The van der Waals surface area contributed by atoms with Crippen molar-refractivity contribution in [3.05, 3.63) is 179 Å². The highest BCUT2D eigenvalue weighted by molar-refractivity contribution is 7.99. The summed E-state index contributed by atoms with van der Waals surface area (Å²) in [7, 11) is -7.05. The molecule has 10 aromatic rings. The minimum atomic E-state index is -4.57. The highest BCUT2D eigenvalue weighted by Gasteiger charge is 2.35. The number of pyridine rings is 5. The molecule has 0 bridgehead atoms. The summed E-state index contributed by atoms with van der Waals surface area (Å²) >= 11 is 31.5. The Labute approximate surface area is 785 Å². The fourth-order valence-corrected chi connectivity index (χ4v) is 17.5. The molecule has 10 rings (SSSR count). The zero-order valence-corrected chi connectivity index (χ0v) is 78.4. The molecule has 728 valence electrons. The molecule has 0 N–H and O–H groups in total. The number of carbonyl (C=O) groups excluding carboxylic acids is 5. The zero-order chi connectivity index (χ0) is 99.0. The number of sulfone groups is 2. The Morgan fingerprint density at radius 1 is 0.346 bits per heavy atom. The van der Waals surface area contributed by atoms with Gasteiger partial charge in [-0.2, -0.15) is 103 Å². The molecule has 0 aliphatic rings. The Morgan fingerprint density at radius 2 is 0.594 bits per heavy atom. The molecular weight excluding hydrogens is 2000 g/mol. The SMILES string of the molecule is CCN(C(=O)CCS(=O)(=O)CCC(F)(F)F)c1cn(-c2cccnc2)nc1Cl.CCN(C(=O)CCS(=O)CCC(F)(F)F)c1cn(-c2cccnc2)nc1Cl.CN(C(=O)CCS(=O)(=O)CCC(F)(F)F)c1cn(-c2cccnc2)nc1Cl.CN(C(=O)CCS(=O)CCC(F)(F)F)c1cn(-c2cccnc2)nc1Cl.CN(C(=O)CCSCCC(F)(F)F)c1cn(-c2cccnc2)nc1Cl. The molecule has 0 saturated carbocycles. The predicted octanol–water partition coefficient (Wildman–Crippen LogP) is 16.0. The Hall–Kier alpha value is -9.90. The number of carbonyl (C=O) groups is 5. The summed E-state index contributed by atoms with van der Waals surface area (Å²) in [6, 6.07) is 17.3. The van der Waals surface area contributed by atoms with Gasteiger partial charge in [0.05, 0.1) is 146 Å². The third-order valence-corrected chi connectivity index (χ3v) is 26.1. The number of amides is 5. The van der Waals surface area contributed by atoms with Crippen LogP contribution in [0.15, 0.2) is 154 Å². The van der Waals surface area contributed by atoms with Gasteiger partial charge >= 0.3 is 30.9 Å². The van der Waals surface area contributed by atoms with Gasteiger partial charge in [0.1, 0.15) is 28.4 Å². The molecule has 0 aliphatic heterocycles. The minimum Gasteiger partial charge on any atom is -0.311 e. The molecular formula is C77H84Cl5F15N20O11S5. The molecule has 31 nitrogen and oxygen atoms in total. The number of alkyl halides is 15. The van der Waals surface area contributed by atoms with Crippen LogP contribution in [0.4, 0.5) is 94.3 Å². The van der Waals surface area contributed by atoms with Gasteiger partial charge in [0.15, 0.2) is 45.4 Å². The van der Waals surface area contributed by atoms with E-state index < -0.39 is 169 Å². The van der Waals surface area contributed by atoms with Crippen LogP contribution in [0.3, 0.4) is 0 Å². The molecule has 133 heavy (non-hydrogen) atoms.